The molecule has 1 aliphatic rings. The zero-order chi connectivity index (χ0) is 13.7. The van der Waals surface area contributed by atoms with Gasteiger partial charge < -0.3 is 10.1 Å². The third-order valence-corrected chi connectivity index (χ3v) is 3.84. The Kier molecular flexibility index (Phi) is 5.00. The molecule has 1 saturated carbocycles. The van der Waals surface area contributed by atoms with Crippen molar-refractivity contribution >= 4 is 5.69 Å². The normalized spacial score (nSPS) is 18.3. The first-order chi connectivity index (χ1) is 9.16. The summed E-state index contributed by atoms with van der Waals surface area (Å²) < 4.78 is 29.2. The molecule has 0 bridgehead atoms. The van der Waals surface area contributed by atoms with E-state index in [1.165, 1.54) is 32.1 Å². The zero-order valence-corrected chi connectivity index (χ0v) is 11.2. The molecule has 0 saturated heterocycles. The number of alkyl halides is 2. The molecule has 1 aromatic rings. The number of rotatable bonds is 5. The maximum absolute atomic E-state index is 12.3. The van der Waals surface area contributed by atoms with Gasteiger partial charge in [0.1, 0.15) is 5.75 Å². The standard InChI is InChI=1S/C15H21F2NO/c1-11(12-7-3-2-4-8-12)18-13-9-5-6-10-14(13)19-15(16)17/h5-6,9-12,15,18H,2-4,7-8H2,1H3. The smallest absolute Gasteiger partial charge is 0.387 e. The molecule has 1 aromatic carbocycles. The summed E-state index contributed by atoms with van der Waals surface area (Å²) in [4.78, 5) is 0. The predicted molar refractivity (Wildman–Crippen MR) is 72.7 cm³/mol. The van der Waals surface area contributed by atoms with Gasteiger partial charge in [-0.15, -0.1) is 0 Å². The van der Waals surface area contributed by atoms with Crippen molar-refractivity contribution in [1.82, 2.24) is 0 Å². The Morgan fingerprint density at radius 2 is 1.84 bits per heavy atom. The van der Waals surface area contributed by atoms with Crippen LogP contribution in [0.1, 0.15) is 39.0 Å². The lowest BCUT2D eigenvalue weighted by atomic mass is 9.84. The molecule has 0 amide bonds. The van der Waals surface area contributed by atoms with Gasteiger partial charge in [0.25, 0.3) is 0 Å². The number of hydrogen-bond acceptors (Lipinski definition) is 2. The Balaban J connectivity index is 2.01. The fourth-order valence-electron chi connectivity index (χ4n) is 2.78. The van der Waals surface area contributed by atoms with Crippen LogP contribution < -0.4 is 10.1 Å². The molecular formula is C15H21F2NO. The molecule has 2 nitrogen and oxygen atoms in total. The van der Waals surface area contributed by atoms with Crippen LogP contribution in [-0.2, 0) is 0 Å². The monoisotopic (exact) mass is 269 g/mol. The summed E-state index contributed by atoms with van der Waals surface area (Å²) in [6.45, 7) is -0.664. The van der Waals surface area contributed by atoms with Crippen LogP contribution in [0.2, 0.25) is 0 Å². The lowest BCUT2D eigenvalue weighted by molar-refractivity contribution is -0.0494. The number of ether oxygens (including phenoxy) is 1. The summed E-state index contributed by atoms with van der Waals surface area (Å²) >= 11 is 0. The van der Waals surface area contributed by atoms with Crippen molar-refractivity contribution < 1.29 is 13.5 Å². The molecule has 19 heavy (non-hydrogen) atoms. The first-order valence-corrected chi connectivity index (χ1v) is 6.97. The molecule has 4 heteroatoms. The Hall–Kier alpha value is -1.32. The minimum atomic E-state index is -2.78. The highest BCUT2D eigenvalue weighted by molar-refractivity contribution is 5.56. The van der Waals surface area contributed by atoms with Gasteiger partial charge in [-0.3, -0.25) is 0 Å². The van der Waals surface area contributed by atoms with Crippen LogP contribution in [0.25, 0.3) is 0 Å². The molecule has 106 valence electrons. The second-order valence-electron chi connectivity index (χ2n) is 5.21. The van der Waals surface area contributed by atoms with Gasteiger partial charge in [-0.05, 0) is 37.8 Å². The Morgan fingerprint density at radius 1 is 1.16 bits per heavy atom. The molecule has 1 aliphatic carbocycles. The van der Waals surface area contributed by atoms with Crippen molar-refractivity contribution in [1.29, 1.82) is 0 Å². The number of halogens is 2. The highest BCUT2D eigenvalue weighted by Gasteiger charge is 2.21. The van der Waals surface area contributed by atoms with E-state index in [1.807, 2.05) is 6.07 Å². The van der Waals surface area contributed by atoms with Gasteiger partial charge in [-0.25, -0.2) is 0 Å². The number of nitrogens with one attached hydrogen (secondary N) is 1. The molecule has 0 aromatic heterocycles. The minimum absolute atomic E-state index is 0.222. The third kappa shape index (κ3) is 4.08. The van der Waals surface area contributed by atoms with Gasteiger partial charge >= 0.3 is 6.61 Å². The van der Waals surface area contributed by atoms with E-state index >= 15 is 0 Å². The largest absolute Gasteiger partial charge is 0.433 e. The highest BCUT2D eigenvalue weighted by atomic mass is 19.3. The molecule has 2 rings (SSSR count). The van der Waals surface area contributed by atoms with Crippen molar-refractivity contribution in [2.75, 3.05) is 5.32 Å². The summed E-state index contributed by atoms with van der Waals surface area (Å²) in [6, 6.07) is 7.17. The van der Waals surface area contributed by atoms with Gasteiger partial charge in [-0.2, -0.15) is 8.78 Å². The average molecular weight is 269 g/mol. The van der Waals surface area contributed by atoms with Crippen LogP contribution in [0.5, 0.6) is 5.75 Å². The SMILES string of the molecule is CC(Nc1ccccc1OC(F)F)C1CCCCC1. The summed E-state index contributed by atoms with van der Waals surface area (Å²) in [5.74, 6) is 0.841. The van der Waals surface area contributed by atoms with Gasteiger partial charge in [0.2, 0.25) is 0 Å². The van der Waals surface area contributed by atoms with E-state index < -0.39 is 6.61 Å². The molecular weight excluding hydrogens is 248 g/mol. The number of para-hydroxylation sites is 2. The zero-order valence-electron chi connectivity index (χ0n) is 11.2. The summed E-state index contributed by atoms with van der Waals surface area (Å²) in [5.41, 5.74) is 0.654. The van der Waals surface area contributed by atoms with E-state index in [0.29, 0.717) is 11.6 Å². The van der Waals surface area contributed by atoms with Crippen LogP contribution in [0.4, 0.5) is 14.5 Å². The van der Waals surface area contributed by atoms with Crippen molar-refractivity contribution in [3.63, 3.8) is 0 Å². The molecule has 1 N–H and O–H groups in total. The third-order valence-electron chi connectivity index (χ3n) is 3.84. The lowest BCUT2D eigenvalue weighted by Gasteiger charge is -2.29. The molecule has 0 aliphatic heterocycles. The first kappa shape index (κ1) is 14.1. The van der Waals surface area contributed by atoms with Crippen LogP contribution in [0.15, 0.2) is 24.3 Å². The lowest BCUT2D eigenvalue weighted by Crippen LogP contribution is -2.28. The van der Waals surface area contributed by atoms with E-state index in [-0.39, 0.29) is 11.8 Å². The van der Waals surface area contributed by atoms with Crippen LogP contribution >= 0.6 is 0 Å². The maximum atomic E-state index is 12.3. The molecule has 0 radical (unpaired) electrons. The van der Waals surface area contributed by atoms with Crippen molar-refractivity contribution in [2.45, 2.75) is 51.7 Å². The molecule has 0 heterocycles. The van der Waals surface area contributed by atoms with Crippen LogP contribution in [0, 0.1) is 5.92 Å². The van der Waals surface area contributed by atoms with E-state index in [4.69, 9.17) is 0 Å². The Labute approximate surface area is 113 Å². The second kappa shape index (κ2) is 6.73. The summed E-state index contributed by atoms with van der Waals surface area (Å²) in [6.07, 6.45) is 6.28. The van der Waals surface area contributed by atoms with Crippen molar-refractivity contribution in [3.8, 4) is 5.75 Å². The molecule has 1 fully saturated rings. The topological polar surface area (TPSA) is 21.3 Å². The first-order valence-electron chi connectivity index (χ1n) is 6.97. The van der Waals surface area contributed by atoms with E-state index in [1.54, 1.807) is 18.2 Å². The number of benzene rings is 1. The van der Waals surface area contributed by atoms with Crippen molar-refractivity contribution in [3.05, 3.63) is 24.3 Å². The minimum Gasteiger partial charge on any atom is -0.433 e. The van der Waals surface area contributed by atoms with E-state index in [9.17, 15) is 8.78 Å². The van der Waals surface area contributed by atoms with E-state index in [0.717, 1.165) is 0 Å². The summed E-state index contributed by atoms with van der Waals surface area (Å²) in [7, 11) is 0. The van der Waals surface area contributed by atoms with E-state index in [2.05, 4.69) is 17.0 Å². The summed E-state index contributed by atoms with van der Waals surface area (Å²) in [5, 5.41) is 3.33. The fourth-order valence-corrected chi connectivity index (χ4v) is 2.78. The Morgan fingerprint density at radius 3 is 2.53 bits per heavy atom. The predicted octanol–water partition coefficient (Wildman–Crippen LogP) is 4.67. The maximum Gasteiger partial charge on any atom is 0.387 e. The molecule has 0 spiro atoms. The quantitative estimate of drug-likeness (QED) is 0.838. The average Bonchev–Trinajstić information content (AvgIpc) is 2.41. The second-order valence-corrected chi connectivity index (χ2v) is 5.21. The molecule has 1 atom stereocenters. The van der Waals surface area contributed by atoms with Gasteiger partial charge in [0.05, 0.1) is 5.69 Å². The van der Waals surface area contributed by atoms with Gasteiger partial charge in [-0.1, -0.05) is 31.4 Å². The van der Waals surface area contributed by atoms with Gasteiger partial charge in [0.15, 0.2) is 0 Å². The number of hydrogen-bond donors (Lipinski definition) is 1. The highest BCUT2D eigenvalue weighted by Crippen LogP contribution is 2.31. The molecule has 1 unspecified atom stereocenters. The van der Waals surface area contributed by atoms with Crippen molar-refractivity contribution in [2.24, 2.45) is 5.92 Å². The van der Waals surface area contributed by atoms with Gasteiger partial charge in [0, 0.05) is 6.04 Å². The fraction of sp³-hybridized carbons (Fsp3) is 0.600. The van der Waals surface area contributed by atoms with Crippen LogP contribution in [-0.4, -0.2) is 12.7 Å². The van der Waals surface area contributed by atoms with Crippen LogP contribution in [0.3, 0.4) is 0 Å². The Bertz CT molecular complexity index is 391. The number of anilines is 1.